The third-order valence-corrected chi connectivity index (χ3v) is 7.42. The number of ether oxygens (including phenoxy) is 1. The van der Waals surface area contributed by atoms with E-state index < -0.39 is 0 Å². The number of nitrogens with zero attached hydrogens (tertiary/aromatic N) is 3. The maximum absolute atomic E-state index is 13.2. The molecule has 0 N–H and O–H groups in total. The minimum absolute atomic E-state index is 0.0369. The molecule has 3 fully saturated rings. The number of carbonyl (C=O) groups is 3. The van der Waals surface area contributed by atoms with Crippen molar-refractivity contribution in [3.05, 3.63) is 71.8 Å². The summed E-state index contributed by atoms with van der Waals surface area (Å²) in [6.45, 7) is 2.90. The Bertz CT molecular complexity index is 1010. The molecular formula is C27H31N3O4. The number of hydrogen-bond acceptors (Lipinski definition) is 4. The fourth-order valence-corrected chi connectivity index (χ4v) is 5.48. The second-order valence-electron chi connectivity index (χ2n) is 9.40. The molecule has 3 saturated heterocycles. The highest BCUT2D eigenvalue weighted by Gasteiger charge is 2.41. The number of cyclic esters (lactones) is 1. The summed E-state index contributed by atoms with van der Waals surface area (Å²) < 4.78 is 5.39. The van der Waals surface area contributed by atoms with Crippen molar-refractivity contribution in [1.82, 2.24) is 14.7 Å². The van der Waals surface area contributed by atoms with Crippen LogP contribution in [0.5, 0.6) is 0 Å². The molecule has 34 heavy (non-hydrogen) atoms. The van der Waals surface area contributed by atoms with E-state index in [4.69, 9.17) is 4.74 Å². The predicted molar refractivity (Wildman–Crippen MR) is 127 cm³/mol. The molecule has 0 saturated carbocycles. The summed E-state index contributed by atoms with van der Waals surface area (Å²) in [5.74, 6) is 0.192. The van der Waals surface area contributed by atoms with Crippen molar-refractivity contribution in [2.45, 2.75) is 37.8 Å². The number of benzene rings is 2. The summed E-state index contributed by atoms with van der Waals surface area (Å²) in [5.41, 5.74) is 1.78. The van der Waals surface area contributed by atoms with Crippen molar-refractivity contribution in [1.29, 1.82) is 0 Å². The lowest BCUT2D eigenvalue weighted by molar-refractivity contribution is -0.138. The SMILES string of the molecule is O=C(c1ccccc1)N1CCC(C(=O)N2CCC(N3C(=O)OCC3c3ccccc3)CC2)CC1. The monoisotopic (exact) mass is 461 g/mol. The van der Waals surface area contributed by atoms with E-state index in [1.54, 1.807) is 0 Å². The minimum Gasteiger partial charge on any atom is -0.447 e. The van der Waals surface area contributed by atoms with Crippen molar-refractivity contribution in [3.63, 3.8) is 0 Å². The second-order valence-corrected chi connectivity index (χ2v) is 9.40. The normalized spacial score (nSPS) is 22.1. The van der Waals surface area contributed by atoms with Crippen LogP contribution in [0.25, 0.3) is 0 Å². The molecule has 0 radical (unpaired) electrons. The van der Waals surface area contributed by atoms with Gasteiger partial charge in [-0.1, -0.05) is 48.5 Å². The lowest BCUT2D eigenvalue weighted by Gasteiger charge is -2.40. The fourth-order valence-electron chi connectivity index (χ4n) is 5.48. The van der Waals surface area contributed by atoms with Gasteiger partial charge in [-0.15, -0.1) is 0 Å². The number of piperidine rings is 2. The van der Waals surface area contributed by atoms with Crippen molar-refractivity contribution < 1.29 is 19.1 Å². The molecule has 3 aliphatic rings. The van der Waals surface area contributed by atoms with Gasteiger partial charge in [-0.2, -0.15) is 0 Å². The van der Waals surface area contributed by atoms with E-state index in [9.17, 15) is 14.4 Å². The zero-order chi connectivity index (χ0) is 23.5. The van der Waals surface area contributed by atoms with Gasteiger partial charge in [0.1, 0.15) is 6.61 Å². The molecule has 2 aromatic carbocycles. The van der Waals surface area contributed by atoms with E-state index in [-0.39, 0.29) is 35.9 Å². The lowest BCUT2D eigenvalue weighted by atomic mass is 9.93. The highest BCUT2D eigenvalue weighted by Crippen LogP contribution is 2.33. The molecule has 1 unspecified atom stereocenters. The molecule has 178 valence electrons. The van der Waals surface area contributed by atoms with Crippen molar-refractivity contribution in [3.8, 4) is 0 Å². The molecule has 3 heterocycles. The van der Waals surface area contributed by atoms with Crippen LogP contribution in [0.15, 0.2) is 60.7 Å². The molecule has 5 rings (SSSR count). The highest BCUT2D eigenvalue weighted by molar-refractivity contribution is 5.94. The first kappa shape index (κ1) is 22.4. The van der Waals surface area contributed by atoms with E-state index in [2.05, 4.69) is 0 Å². The van der Waals surface area contributed by atoms with Gasteiger partial charge >= 0.3 is 6.09 Å². The van der Waals surface area contributed by atoms with Crippen LogP contribution in [0.2, 0.25) is 0 Å². The van der Waals surface area contributed by atoms with Crippen molar-refractivity contribution >= 4 is 17.9 Å². The second kappa shape index (κ2) is 9.87. The first-order chi connectivity index (χ1) is 16.6. The summed E-state index contributed by atoms with van der Waals surface area (Å²) in [7, 11) is 0. The zero-order valence-electron chi connectivity index (χ0n) is 19.3. The summed E-state index contributed by atoms with van der Waals surface area (Å²) in [4.78, 5) is 44.1. The van der Waals surface area contributed by atoms with Crippen molar-refractivity contribution in [2.24, 2.45) is 5.92 Å². The number of carbonyl (C=O) groups excluding carboxylic acids is 3. The third-order valence-electron chi connectivity index (χ3n) is 7.42. The molecule has 1 atom stereocenters. The van der Waals surface area contributed by atoms with Crippen LogP contribution < -0.4 is 0 Å². The standard InChI is InChI=1S/C27H31N3O4/c31-25(21-9-5-2-6-10-21)28-15-11-22(12-16-28)26(32)29-17-13-23(14-18-29)30-24(19-34-27(30)33)20-7-3-1-4-8-20/h1-10,22-24H,11-19H2. The number of rotatable bonds is 4. The highest BCUT2D eigenvalue weighted by atomic mass is 16.6. The van der Waals surface area contributed by atoms with E-state index in [0.29, 0.717) is 51.2 Å². The van der Waals surface area contributed by atoms with E-state index >= 15 is 0 Å². The zero-order valence-corrected chi connectivity index (χ0v) is 19.3. The average molecular weight is 462 g/mol. The average Bonchev–Trinajstić information content (AvgIpc) is 3.30. The van der Waals surface area contributed by atoms with Crippen LogP contribution in [0.1, 0.15) is 47.6 Å². The molecule has 0 bridgehead atoms. The van der Waals surface area contributed by atoms with Crippen LogP contribution in [0.3, 0.4) is 0 Å². The van der Waals surface area contributed by atoms with Gasteiger partial charge in [0.05, 0.1) is 6.04 Å². The van der Waals surface area contributed by atoms with Gasteiger partial charge in [-0.05, 0) is 43.4 Å². The van der Waals surface area contributed by atoms with Gasteiger partial charge in [0.25, 0.3) is 5.91 Å². The summed E-state index contributed by atoms with van der Waals surface area (Å²) in [6.07, 6.45) is 2.66. The minimum atomic E-state index is -0.255. The Labute approximate surface area is 200 Å². The predicted octanol–water partition coefficient (Wildman–Crippen LogP) is 3.72. The summed E-state index contributed by atoms with van der Waals surface area (Å²) in [6, 6.07) is 19.3. The smallest absolute Gasteiger partial charge is 0.410 e. The third kappa shape index (κ3) is 4.52. The first-order valence-electron chi connectivity index (χ1n) is 12.2. The van der Waals surface area contributed by atoms with Crippen LogP contribution in [-0.4, -0.2) is 71.4 Å². The molecule has 0 spiro atoms. The Morgan fingerprint density at radius 2 is 1.35 bits per heavy atom. The molecule has 0 aliphatic carbocycles. The molecule has 3 amide bonds. The summed E-state index contributed by atoms with van der Waals surface area (Å²) in [5, 5.41) is 0. The largest absolute Gasteiger partial charge is 0.447 e. The van der Waals surface area contributed by atoms with Crippen LogP contribution in [0, 0.1) is 5.92 Å². The van der Waals surface area contributed by atoms with E-state index in [0.717, 1.165) is 18.4 Å². The molecule has 3 aliphatic heterocycles. The Morgan fingerprint density at radius 1 is 0.765 bits per heavy atom. The molecule has 2 aromatic rings. The number of likely N-dealkylation sites (tertiary alicyclic amines) is 2. The van der Waals surface area contributed by atoms with Crippen LogP contribution >= 0.6 is 0 Å². The lowest BCUT2D eigenvalue weighted by Crippen LogP contribution is -2.50. The van der Waals surface area contributed by atoms with Gasteiger partial charge in [-0.25, -0.2) is 4.79 Å². The van der Waals surface area contributed by atoms with Crippen LogP contribution in [-0.2, 0) is 9.53 Å². The topological polar surface area (TPSA) is 70.2 Å². The van der Waals surface area contributed by atoms with Gasteiger partial charge in [-0.3, -0.25) is 14.5 Å². The Hall–Kier alpha value is -3.35. The molecule has 0 aromatic heterocycles. The fraction of sp³-hybridized carbons (Fsp3) is 0.444. The molecular weight excluding hydrogens is 430 g/mol. The Balaban J connectivity index is 1.14. The number of hydrogen-bond donors (Lipinski definition) is 0. The first-order valence-corrected chi connectivity index (χ1v) is 12.2. The quantitative estimate of drug-likeness (QED) is 0.696. The van der Waals surface area contributed by atoms with Gasteiger partial charge in [0.2, 0.25) is 5.91 Å². The van der Waals surface area contributed by atoms with Crippen molar-refractivity contribution in [2.75, 3.05) is 32.8 Å². The molecule has 7 heteroatoms. The van der Waals surface area contributed by atoms with E-state index in [1.165, 1.54) is 0 Å². The van der Waals surface area contributed by atoms with Gasteiger partial charge < -0.3 is 14.5 Å². The molecule has 7 nitrogen and oxygen atoms in total. The number of amides is 3. The van der Waals surface area contributed by atoms with Crippen LogP contribution in [0.4, 0.5) is 4.79 Å². The van der Waals surface area contributed by atoms with E-state index in [1.807, 2.05) is 75.4 Å². The maximum atomic E-state index is 13.2. The Kier molecular flexibility index (Phi) is 6.52. The van der Waals surface area contributed by atoms with Gasteiger partial charge in [0.15, 0.2) is 0 Å². The summed E-state index contributed by atoms with van der Waals surface area (Å²) >= 11 is 0. The maximum Gasteiger partial charge on any atom is 0.410 e. The van der Waals surface area contributed by atoms with Gasteiger partial charge in [0, 0.05) is 43.7 Å². The Morgan fingerprint density at radius 3 is 2.00 bits per heavy atom.